The molecule has 1 rings (SSSR count). The second-order valence-electron chi connectivity index (χ2n) is 7.56. The van der Waals surface area contributed by atoms with Gasteiger partial charge in [0.25, 0.3) is 0 Å². The van der Waals surface area contributed by atoms with Crippen LogP contribution in [0.15, 0.2) is 4.99 Å². The van der Waals surface area contributed by atoms with Crippen LogP contribution in [0.5, 0.6) is 0 Å². The van der Waals surface area contributed by atoms with Crippen molar-refractivity contribution in [3.63, 3.8) is 0 Å². The Morgan fingerprint density at radius 2 is 1.83 bits per heavy atom. The van der Waals surface area contributed by atoms with E-state index in [1.54, 1.807) is 0 Å². The Bertz CT molecular complexity index is 345. The van der Waals surface area contributed by atoms with Crippen LogP contribution in [-0.4, -0.2) is 73.7 Å². The van der Waals surface area contributed by atoms with Crippen molar-refractivity contribution in [1.29, 1.82) is 0 Å². The van der Waals surface area contributed by atoms with Crippen LogP contribution in [0.2, 0.25) is 0 Å². The highest BCUT2D eigenvalue weighted by atomic mass is 15.2. The summed E-state index contributed by atoms with van der Waals surface area (Å²) in [5.41, 5.74) is 0.136. The maximum Gasteiger partial charge on any atom is 0.191 e. The third kappa shape index (κ3) is 7.53. The van der Waals surface area contributed by atoms with Crippen molar-refractivity contribution in [3.05, 3.63) is 0 Å². The Morgan fingerprint density at radius 1 is 1.17 bits per heavy atom. The van der Waals surface area contributed by atoms with Crippen LogP contribution >= 0.6 is 0 Å². The van der Waals surface area contributed by atoms with E-state index < -0.39 is 0 Å². The number of aliphatic imine (C=N–C) groups is 1. The third-order valence-electron chi connectivity index (χ3n) is 4.82. The highest BCUT2D eigenvalue weighted by molar-refractivity contribution is 5.79. The van der Waals surface area contributed by atoms with Gasteiger partial charge in [0.1, 0.15) is 0 Å². The van der Waals surface area contributed by atoms with E-state index in [1.165, 1.54) is 32.4 Å². The fraction of sp³-hybridized carbons (Fsp3) is 0.944. The summed E-state index contributed by atoms with van der Waals surface area (Å²) >= 11 is 0. The van der Waals surface area contributed by atoms with E-state index in [9.17, 15) is 0 Å². The number of likely N-dealkylation sites (N-methyl/N-ethyl adjacent to an activating group) is 1. The first-order chi connectivity index (χ1) is 10.9. The molecule has 1 saturated heterocycles. The van der Waals surface area contributed by atoms with Crippen LogP contribution in [0.4, 0.5) is 0 Å². The van der Waals surface area contributed by atoms with E-state index in [2.05, 4.69) is 62.1 Å². The zero-order valence-corrected chi connectivity index (χ0v) is 16.3. The summed E-state index contributed by atoms with van der Waals surface area (Å²) in [4.78, 5) is 9.77. The molecule has 2 N–H and O–H groups in total. The molecule has 1 aliphatic rings. The number of likely N-dealkylation sites (tertiary alicyclic amines) is 1. The quantitative estimate of drug-likeness (QED) is 0.530. The van der Waals surface area contributed by atoms with Crippen molar-refractivity contribution >= 4 is 5.96 Å². The summed E-state index contributed by atoms with van der Waals surface area (Å²) in [5, 5.41) is 6.82. The molecule has 23 heavy (non-hydrogen) atoms. The predicted molar refractivity (Wildman–Crippen MR) is 101 cm³/mol. The van der Waals surface area contributed by atoms with Gasteiger partial charge in [-0.05, 0) is 67.6 Å². The van der Waals surface area contributed by atoms with Gasteiger partial charge in [0, 0.05) is 31.2 Å². The van der Waals surface area contributed by atoms with Crippen LogP contribution in [0.25, 0.3) is 0 Å². The molecule has 1 fully saturated rings. The summed E-state index contributed by atoms with van der Waals surface area (Å²) in [7, 11) is 2.16. The summed E-state index contributed by atoms with van der Waals surface area (Å²) in [6.07, 6.45) is 4.03. The van der Waals surface area contributed by atoms with Crippen molar-refractivity contribution in [1.82, 2.24) is 20.4 Å². The van der Waals surface area contributed by atoms with Crippen molar-refractivity contribution in [3.8, 4) is 0 Å². The zero-order chi connectivity index (χ0) is 17.3. The minimum Gasteiger partial charge on any atom is -0.357 e. The van der Waals surface area contributed by atoms with Gasteiger partial charge < -0.3 is 15.5 Å². The number of hydrogen-bond acceptors (Lipinski definition) is 3. The Balaban J connectivity index is 2.49. The Hall–Kier alpha value is -0.810. The highest BCUT2D eigenvalue weighted by Crippen LogP contribution is 2.20. The fourth-order valence-corrected chi connectivity index (χ4v) is 2.82. The van der Waals surface area contributed by atoms with Gasteiger partial charge in [-0.1, -0.05) is 6.42 Å². The first kappa shape index (κ1) is 20.2. The molecule has 0 aromatic heterocycles. The van der Waals surface area contributed by atoms with Crippen molar-refractivity contribution < 1.29 is 0 Å². The normalized spacial score (nSPS) is 17.8. The number of nitrogens with zero attached hydrogens (tertiary/aromatic N) is 3. The van der Waals surface area contributed by atoms with Crippen molar-refractivity contribution in [2.45, 2.75) is 65.5 Å². The fourth-order valence-electron chi connectivity index (χ4n) is 2.82. The van der Waals surface area contributed by atoms with Gasteiger partial charge in [-0.15, -0.1) is 0 Å². The lowest BCUT2D eigenvalue weighted by molar-refractivity contribution is 0.102. The minimum absolute atomic E-state index is 0.136. The van der Waals surface area contributed by atoms with E-state index >= 15 is 0 Å². The van der Waals surface area contributed by atoms with Gasteiger partial charge in [0.05, 0.1) is 6.54 Å². The monoisotopic (exact) mass is 325 g/mol. The average molecular weight is 326 g/mol. The standard InChI is InChI=1S/C18H39N5/c1-7-19-17(20-11-14-22(6)16(2)3)21-15-18(4,5)23-12-9-8-10-13-23/h16H,7-15H2,1-6H3,(H2,19,20,21). The molecule has 0 aromatic carbocycles. The summed E-state index contributed by atoms with van der Waals surface area (Å²) in [6.45, 7) is 17.3. The maximum absolute atomic E-state index is 4.84. The van der Waals surface area contributed by atoms with E-state index in [4.69, 9.17) is 4.99 Å². The molecular weight excluding hydrogens is 286 g/mol. The van der Waals surface area contributed by atoms with E-state index in [-0.39, 0.29) is 5.54 Å². The molecule has 136 valence electrons. The lowest BCUT2D eigenvalue weighted by Crippen LogP contribution is -2.50. The van der Waals surface area contributed by atoms with Crippen LogP contribution in [0.1, 0.15) is 53.9 Å². The molecule has 0 radical (unpaired) electrons. The van der Waals surface area contributed by atoms with Crippen LogP contribution in [0.3, 0.4) is 0 Å². The molecule has 0 unspecified atom stereocenters. The molecule has 0 aromatic rings. The van der Waals surface area contributed by atoms with Gasteiger partial charge in [0.15, 0.2) is 5.96 Å². The summed E-state index contributed by atoms with van der Waals surface area (Å²) in [5.74, 6) is 0.940. The van der Waals surface area contributed by atoms with E-state index in [0.717, 1.165) is 32.1 Å². The summed E-state index contributed by atoms with van der Waals surface area (Å²) < 4.78 is 0. The molecule has 5 nitrogen and oxygen atoms in total. The number of guanidine groups is 1. The van der Waals surface area contributed by atoms with Gasteiger partial charge >= 0.3 is 0 Å². The van der Waals surface area contributed by atoms with Gasteiger partial charge in [0.2, 0.25) is 0 Å². The molecule has 5 heteroatoms. The molecular formula is C18H39N5. The average Bonchev–Trinajstić information content (AvgIpc) is 2.53. The second-order valence-corrected chi connectivity index (χ2v) is 7.56. The first-order valence-corrected chi connectivity index (χ1v) is 9.34. The molecule has 0 spiro atoms. The highest BCUT2D eigenvalue weighted by Gasteiger charge is 2.27. The zero-order valence-electron chi connectivity index (χ0n) is 16.3. The predicted octanol–water partition coefficient (Wildman–Crippen LogP) is 2.15. The van der Waals surface area contributed by atoms with Crippen LogP contribution < -0.4 is 10.6 Å². The molecule has 0 amide bonds. The van der Waals surface area contributed by atoms with Gasteiger partial charge in [-0.2, -0.15) is 0 Å². The van der Waals surface area contributed by atoms with Crippen LogP contribution in [0, 0.1) is 0 Å². The number of hydrogen-bond donors (Lipinski definition) is 2. The second kappa shape index (κ2) is 10.1. The molecule has 0 saturated carbocycles. The Labute approximate surface area is 143 Å². The molecule has 1 aliphatic heterocycles. The smallest absolute Gasteiger partial charge is 0.191 e. The Morgan fingerprint density at radius 3 is 2.39 bits per heavy atom. The van der Waals surface area contributed by atoms with E-state index in [0.29, 0.717) is 6.04 Å². The number of rotatable bonds is 8. The minimum atomic E-state index is 0.136. The Kier molecular flexibility index (Phi) is 8.92. The van der Waals surface area contributed by atoms with Crippen molar-refractivity contribution in [2.24, 2.45) is 4.99 Å². The first-order valence-electron chi connectivity index (χ1n) is 9.34. The number of nitrogens with one attached hydrogen (secondary N) is 2. The molecule has 0 bridgehead atoms. The molecule has 0 aliphatic carbocycles. The SMILES string of the molecule is CCNC(=NCC(C)(C)N1CCCCC1)NCCN(C)C(C)C. The van der Waals surface area contributed by atoms with Crippen molar-refractivity contribution in [2.75, 3.05) is 46.3 Å². The third-order valence-corrected chi connectivity index (χ3v) is 4.82. The van der Waals surface area contributed by atoms with Gasteiger partial charge in [-0.3, -0.25) is 9.89 Å². The topological polar surface area (TPSA) is 42.9 Å². The lowest BCUT2D eigenvalue weighted by Gasteiger charge is -2.40. The molecule has 0 atom stereocenters. The summed E-state index contributed by atoms with van der Waals surface area (Å²) in [6, 6.07) is 0.578. The molecule has 1 heterocycles. The van der Waals surface area contributed by atoms with Crippen LogP contribution in [-0.2, 0) is 0 Å². The van der Waals surface area contributed by atoms with Gasteiger partial charge in [-0.25, -0.2) is 0 Å². The largest absolute Gasteiger partial charge is 0.357 e. The maximum atomic E-state index is 4.84. The van der Waals surface area contributed by atoms with E-state index in [1.807, 2.05) is 0 Å². The lowest BCUT2D eigenvalue weighted by atomic mass is 9.99. The number of piperidine rings is 1.